The van der Waals surface area contributed by atoms with E-state index in [1.165, 1.54) is 41.7 Å². The summed E-state index contributed by atoms with van der Waals surface area (Å²) in [5.74, 6) is 1.25. The lowest BCUT2D eigenvalue weighted by Gasteiger charge is -2.36. The summed E-state index contributed by atoms with van der Waals surface area (Å²) >= 11 is 0. The Labute approximate surface area is 161 Å². The zero-order chi connectivity index (χ0) is 18.2. The van der Waals surface area contributed by atoms with Gasteiger partial charge in [0.25, 0.3) is 0 Å². The third kappa shape index (κ3) is 3.34. The largest absolute Gasteiger partial charge is 0.381 e. The monoisotopic (exact) mass is 360 g/mol. The number of nitrogens with one attached hydrogen (secondary N) is 1. The normalized spacial score (nSPS) is 18.1. The summed E-state index contributed by atoms with van der Waals surface area (Å²) in [5, 5.41) is 3.54. The molecule has 0 atom stereocenters. The second kappa shape index (κ2) is 7.01. The summed E-state index contributed by atoms with van der Waals surface area (Å²) < 4.78 is 2.44. The third-order valence-electron chi connectivity index (χ3n) is 6.27. The van der Waals surface area contributed by atoms with Crippen molar-refractivity contribution in [3.8, 4) is 0 Å². The Morgan fingerprint density at radius 1 is 1.04 bits per heavy atom. The van der Waals surface area contributed by atoms with Gasteiger partial charge in [0.2, 0.25) is 0 Å². The molecule has 140 valence electrons. The molecule has 1 N–H and O–H groups in total. The number of hydrogen-bond donors (Lipinski definition) is 1. The number of rotatable bonds is 4. The predicted molar refractivity (Wildman–Crippen MR) is 111 cm³/mol. The first kappa shape index (κ1) is 16.8. The summed E-state index contributed by atoms with van der Waals surface area (Å²) in [7, 11) is 0. The molecule has 2 heterocycles. The van der Waals surface area contributed by atoms with Crippen molar-refractivity contribution >= 4 is 16.7 Å². The van der Waals surface area contributed by atoms with Crippen LogP contribution in [0.3, 0.4) is 0 Å². The van der Waals surface area contributed by atoms with E-state index in [1.807, 2.05) is 0 Å². The van der Waals surface area contributed by atoms with Gasteiger partial charge in [0.15, 0.2) is 0 Å². The Hall–Kier alpha value is -2.33. The van der Waals surface area contributed by atoms with Crippen LogP contribution in [0.25, 0.3) is 11.0 Å². The van der Waals surface area contributed by atoms with Crippen molar-refractivity contribution in [2.45, 2.75) is 51.7 Å². The molecule has 0 amide bonds. The van der Waals surface area contributed by atoms with Crippen molar-refractivity contribution < 1.29 is 0 Å². The summed E-state index contributed by atoms with van der Waals surface area (Å²) in [4.78, 5) is 7.66. The first-order valence-corrected chi connectivity index (χ1v) is 10.3. The Morgan fingerprint density at radius 2 is 1.89 bits per heavy atom. The van der Waals surface area contributed by atoms with E-state index in [2.05, 4.69) is 64.2 Å². The molecule has 0 spiro atoms. The van der Waals surface area contributed by atoms with Gasteiger partial charge in [0, 0.05) is 44.3 Å². The van der Waals surface area contributed by atoms with Crippen molar-refractivity contribution in [2.24, 2.45) is 0 Å². The van der Waals surface area contributed by atoms with E-state index in [-0.39, 0.29) is 0 Å². The number of aryl methyl sites for hydroxylation is 1. The smallest absolute Gasteiger partial charge is 0.111 e. The average molecular weight is 361 g/mol. The number of fused-ring (bicyclic) bond motifs is 3. The van der Waals surface area contributed by atoms with Crippen LogP contribution in [0.15, 0.2) is 42.5 Å². The number of anilines is 1. The molecule has 0 unspecified atom stereocenters. The fourth-order valence-electron chi connectivity index (χ4n) is 4.34. The average Bonchev–Trinajstić information content (AvgIpc) is 2.86. The molecular weight excluding hydrogens is 332 g/mol. The highest BCUT2D eigenvalue weighted by Crippen LogP contribution is 2.28. The number of nitrogens with zero attached hydrogens (tertiary/aromatic N) is 3. The van der Waals surface area contributed by atoms with E-state index in [0.717, 1.165) is 49.8 Å². The molecule has 1 fully saturated rings. The van der Waals surface area contributed by atoms with Gasteiger partial charge in [-0.3, -0.25) is 4.90 Å². The van der Waals surface area contributed by atoms with Crippen LogP contribution in [0.2, 0.25) is 0 Å². The number of hydrogen-bond acceptors (Lipinski definition) is 3. The van der Waals surface area contributed by atoms with Crippen LogP contribution < -0.4 is 5.32 Å². The van der Waals surface area contributed by atoms with Gasteiger partial charge in [0.1, 0.15) is 5.82 Å². The van der Waals surface area contributed by atoms with Crippen molar-refractivity contribution in [1.29, 1.82) is 0 Å². The van der Waals surface area contributed by atoms with Gasteiger partial charge in [-0.15, -0.1) is 0 Å². The second-order valence-electron chi connectivity index (χ2n) is 8.09. The minimum atomic E-state index is 0.832. The van der Waals surface area contributed by atoms with Crippen molar-refractivity contribution in [1.82, 2.24) is 14.5 Å². The molecule has 1 aliphatic carbocycles. The van der Waals surface area contributed by atoms with Crippen LogP contribution in [0.5, 0.6) is 0 Å². The SMILES string of the molecule is Cc1ccc(CNc2ccc3c(c2)nc2n3CCN(C3CCC3)CC2)cc1. The zero-order valence-corrected chi connectivity index (χ0v) is 16.1. The Bertz CT molecular complexity index is 937. The topological polar surface area (TPSA) is 33.1 Å². The van der Waals surface area contributed by atoms with Crippen molar-refractivity contribution in [3.63, 3.8) is 0 Å². The van der Waals surface area contributed by atoms with Gasteiger partial charge in [-0.05, 0) is 43.5 Å². The molecule has 4 nitrogen and oxygen atoms in total. The van der Waals surface area contributed by atoms with E-state index in [4.69, 9.17) is 4.98 Å². The van der Waals surface area contributed by atoms with Gasteiger partial charge >= 0.3 is 0 Å². The van der Waals surface area contributed by atoms with Crippen LogP contribution >= 0.6 is 0 Å². The summed E-state index contributed by atoms with van der Waals surface area (Å²) in [6.07, 6.45) is 5.25. The van der Waals surface area contributed by atoms with E-state index in [0.29, 0.717) is 0 Å². The molecule has 1 aromatic heterocycles. The second-order valence-corrected chi connectivity index (χ2v) is 8.09. The minimum Gasteiger partial charge on any atom is -0.381 e. The standard InChI is InChI=1S/C23H28N4/c1-17-5-7-18(8-6-17)16-24-19-9-10-22-21(15-19)25-23-11-12-26(13-14-27(22)23)20-3-2-4-20/h5-10,15,20,24H,2-4,11-14,16H2,1H3. The molecule has 5 rings (SSSR count). The molecule has 0 saturated heterocycles. The fraction of sp³-hybridized carbons (Fsp3) is 0.435. The maximum Gasteiger partial charge on any atom is 0.111 e. The van der Waals surface area contributed by atoms with E-state index >= 15 is 0 Å². The quantitative estimate of drug-likeness (QED) is 0.750. The van der Waals surface area contributed by atoms with Gasteiger partial charge in [-0.1, -0.05) is 36.2 Å². The zero-order valence-electron chi connectivity index (χ0n) is 16.1. The van der Waals surface area contributed by atoms with E-state index < -0.39 is 0 Å². The molecular formula is C23H28N4. The molecule has 1 aliphatic heterocycles. The lowest BCUT2D eigenvalue weighted by molar-refractivity contribution is 0.130. The lowest BCUT2D eigenvalue weighted by atomic mass is 9.91. The van der Waals surface area contributed by atoms with Crippen molar-refractivity contribution in [2.75, 3.05) is 18.4 Å². The van der Waals surface area contributed by atoms with Crippen LogP contribution in [0.1, 0.15) is 36.2 Å². The van der Waals surface area contributed by atoms with Gasteiger partial charge < -0.3 is 9.88 Å². The summed E-state index contributed by atoms with van der Waals surface area (Å²) in [5.41, 5.74) is 6.15. The predicted octanol–water partition coefficient (Wildman–Crippen LogP) is 4.37. The Morgan fingerprint density at radius 3 is 2.67 bits per heavy atom. The van der Waals surface area contributed by atoms with Crippen LogP contribution in [-0.4, -0.2) is 33.6 Å². The summed E-state index contributed by atoms with van der Waals surface area (Å²) in [6, 6.07) is 16.2. The number of imidazole rings is 1. The molecule has 2 aromatic carbocycles. The fourth-order valence-corrected chi connectivity index (χ4v) is 4.34. The molecule has 2 aliphatic rings. The highest BCUT2D eigenvalue weighted by molar-refractivity contribution is 5.80. The summed E-state index contributed by atoms with van der Waals surface area (Å²) in [6.45, 7) is 6.36. The molecule has 0 bridgehead atoms. The lowest BCUT2D eigenvalue weighted by Crippen LogP contribution is -2.41. The molecule has 3 aromatic rings. The third-order valence-corrected chi connectivity index (χ3v) is 6.27. The first-order valence-electron chi connectivity index (χ1n) is 10.3. The molecule has 4 heteroatoms. The molecule has 27 heavy (non-hydrogen) atoms. The number of benzene rings is 2. The van der Waals surface area contributed by atoms with E-state index in [9.17, 15) is 0 Å². The van der Waals surface area contributed by atoms with Gasteiger partial charge in [-0.2, -0.15) is 0 Å². The Balaban J connectivity index is 1.31. The van der Waals surface area contributed by atoms with E-state index in [1.54, 1.807) is 0 Å². The molecule has 1 saturated carbocycles. The maximum absolute atomic E-state index is 4.97. The number of aromatic nitrogens is 2. The minimum absolute atomic E-state index is 0.832. The van der Waals surface area contributed by atoms with Crippen molar-refractivity contribution in [3.05, 3.63) is 59.4 Å². The Kier molecular flexibility index (Phi) is 4.36. The van der Waals surface area contributed by atoms with Gasteiger partial charge in [0.05, 0.1) is 11.0 Å². The highest BCUT2D eigenvalue weighted by atomic mass is 15.2. The highest BCUT2D eigenvalue weighted by Gasteiger charge is 2.27. The van der Waals surface area contributed by atoms with Crippen LogP contribution in [0, 0.1) is 6.92 Å². The molecule has 0 radical (unpaired) electrons. The first-order chi connectivity index (χ1) is 13.3. The van der Waals surface area contributed by atoms with Crippen LogP contribution in [-0.2, 0) is 19.5 Å². The maximum atomic E-state index is 4.97. The van der Waals surface area contributed by atoms with Crippen LogP contribution in [0.4, 0.5) is 5.69 Å². The van der Waals surface area contributed by atoms with Gasteiger partial charge in [-0.25, -0.2) is 4.98 Å².